The highest BCUT2D eigenvalue weighted by Gasteiger charge is 2.24. The molecule has 2 aromatic heterocycles. The Morgan fingerprint density at radius 1 is 1.18 bits per heavy atom. The molecular weight excluding hydrogens is 486 g/mol. The van der Waals surface area contributed by atoms with Crippen molar-refractivity contribution in [2.24, 2.45) is 0 Å². The third-order valence-corrected chi connectivity index (χ3v) is 6.77. The summed E-state index contributed by atoms with van der Waals surface area (Å²) in [5.74, 6) is 1.40. The standard InChI is InChI=1S/C18H18BrN3O3S2.ClH/c1-21(2)6-3-7-22(17(23)14-4-5-16(19)26-14)18-20-11-8-12-13(25-10-24-12)9-15(11)27-18;/h4-5,8-9H,3,6-7,10H2,1-2H3;1H/p-1. The lowest BCUT2D eigenvalue weighted by Gasteiger charge is -2.20. The molecule has 150 valence electrons. The van der Waals surface area contributed by atoms with E-state index in [-0.39, 0.29) is 25.1 Å². The second-order valence-electron chi connectivity index (χ2n) is 6.39. The molecule has 3 heterocycles. The lowest BCUT2D eigenvalue weighted by Crippen LogP contribution is -3.00. The lowest BCUT2D eigenvalue weighted by molar-refractivity contribution is -0.0000145. The summed E-state index contributed by atoms with van der Waals surface area (Å²) in [5.41, 5.74) is 0.817. The van der Waals surface area contributed by atoms with E-state index < -0.39 is 0 Å². The van der Waals surface area contributed by atoms with Crippen molar-refractivity contribution < 1.29 is 26.7 Å². The van der Waals surface area contributed by atoms with Gasteiger partial charge < -0.3 is 26.8 Å². The highest BCUT2D eigenvalue weighted by Crippen LogP contribution is 2.40. The number of thiophene rings is 1. The topological polar surface area (TPSA) is 54.9 Å². The number of ether oxygens (including phenoxy) is 2. The van der Waals surface area contributed by atoms with E-state index >= 15 is 0 Å². The largest absolute Gasteiger partial charge is 1.00 e. The van der Waals surface area contributed by atoms with Crippen molar-refractivity contribution in [2.45, 2.75) is 6.42 Å². The summed E-state index contributed by atoms with van der Waals surface area (Å²) in [6.07, 6.45) is 0.865. The number of hydrogen-bond acceptors (Lipinski definition) is 7. The average Bonchev–Trinajstić information content (AvgIpc) is 3.34. The van der Waals surface area contributed by atoms with E-state index in [0.717, 1.165) is 32.7 Å². The minimum atomic E-state index is -0.0245. The molecule has 1 aliphatic heterocycles. The van der Waals surface area contributed by atoms with Crippen LogP contribution in [0.3, 0.4) is 0 Å². The highest BCUT2D eigenvalue weighted by molar-refractivity contribution is 9.11. The summed E-state index contributed by atoms with van der Waals surface area (Å²) in [6, 6.07) is 7.55. The first kappa shape index (κ1) is 21.3. The minimum Gasteiger partial charge on any atom is -1.00 e. The number of aromatic nitrogens is 1. The molecule has 0 aliphatic carbocycles. The number of thiazole rings is 1. The molecule has 0 fully saturated rings. The van der Waals surface area contributed by atoms with E-state index in [1.54, 1.807) is 4.90 Å². The summed E-state index contributed by atoms with van der Waals surface area (Å²) in [6.45, 7) is 1.75. The van der Waals surface area contributed by atoms with Gasteiger partial charge in [-0.1, -0.05) is 11.3 Å². The van der Waals surface area contributed by atoms with E-state index in [2.05, 4.69) is 20.8 Å². The summed E-state index contributed by atoms with van der Waals surface area (Å²) in [4.78, 5) is 22.4. The van der Waals surface area contributed by atoms with Gasteiger partial charge in [-0.25, -0.2) is 4.98 Å². The van der Waals surface area contributed by atoms with Crippen LogP contribution in [-0.4, -0.2) is 49.8 Å². The van der Waals surface area contributed by atoms with Crippen LogP contribution >= 0.6 is 38.6 Å². The quantitative estimate of drug-likeness (QED) is 0.510. The van der Waals surface area contributed by atoms with Crippen molar-refractivity contribution in [1.29, 1.82) is 0 Å². The SMILES string of the molecule is CN(C)CCCN(C(=O)c1ccc(Br)s1)c1nc2cc3c(cc2s1)OCO3.[Cl-]. The molecule has 0 saturated heterocycles. The van der Waals surface area contributed by atoms with Crippen molar-refractivity contribution in [3.8, 4) is 11.5 Å². The molecule has 0 spiro atoms. The summed E-state index contributed by atoms with van der Waals surface area (Å²) in [7, 11) is 4.06. The Bertz CT molecular complexity index is 951. The van der Waals surface area contributed by atoms with Crippen LogP contribution in [0.4, 0.5) is 5.13 Å². The molecule has 0 bridgehead atoms. The molecule has 28 heavy (non-hydrogen) atoms. The third-order valence-electron chi connectivity index (χ3n) is 4.12. The number of rotatable bonds is 6. The lowest BCUT2D eigenvalue weighted by atomic mass is 10.3. The summed E-state index contributed by atoms with van der Waals surface area (Å²) >= 11 is 6.37. The van der Waals surface area contributed by atoms with Crippen molar-refractivity contribution in [1.82, 2.24) is 9.88 Å². The second-order valence-corrected chi connectivity index (χ2v) is 9.86. The molecule has 0 unspecified atom stereocenters. The molecule has 0 radical (unpaired) electrons. The number of amides is 1. The molecule has 1 aliphatic rings. The fraction of sp³-hybridized carbons (Fsp3) is 0.333. The van der Waals surface area contributed by atoms with E-state index in [4.69, 9.17) is 14.5 Å². The van der Waals surface area contributed by atoms with Gasteiger partial charge in [-0.15, -0.1) is 11.3 Å². The number of nitrogens with zero attached hydrogens (tertiary/aromatic N) is 3. The fourth-order valence-electron chi connectivity index (χ4n) is 2.81. The molecule has 1 amide bonds. The van der Waals surface area contributed by atoms with Crippen LogP contribution < -0.4 is 26.8 Å². The van der Waals surface area contributed by atoms with E-state index in [1.807, 2.05) is 38.4 Å². The zero-order valence-corrected chi connectivity index (χ0v) is 19.3. The molecule has 0 N–H and O–H groups in total. The molecule has 1 aromatic carbocycles. The fourth-order valence-corrected chi connectivity index (χ4v) is 5.15. The van der Waals surface area contributed by atoms with Crippen molar-refractivity contribution in [2.75, 3.05) is 38.9 Å². The first-order valence-corrected chi connectivity index (χ1v) is 10.9. The van der Waals surface area contributed by atoms with Crippen LogP contribution in [0.25, 0.3) is 10.2 Å². The predicted octanol–water partition coefficient (Wildman–Crippen LogP) is 1.45. The Morgan fingerprint density at radius 3 is 2.61 bits per heavy atom. The van der Waals surface area contributed by atoms with Gasteiger partial charge >= 0.3 is 0 Å². The van der Waals surface area contributed by atoms with Crippen LogP contribution in [0.2, 0.25) is 0 Å². The van der Waals surface area contributed by atoms with Crippen molar-refractivity contribution >= 4 is 59.9 Å². The number of fused-ring (bicyclic) bond motifs is 2. The maximum absolute atomic E-state index is 13.1. The van der Waals surface area contributed by atoms with E-state index in [9.17, 15) is 4.79 Å². The van der Waals surface area contributed by atoms with Crippen LogP contribution in [0, 0.1) is 0 Å². The van der Waals surface area contributed by atoms with Crippen molar-refractivity contribution in [3.63, 3.8) is 0 Å². The van der Waals surface area contributed by atoms with E-state index in [0.29, 0.717) is 22.3 Å². The first-order valence-electron chi connectivity index (χ1n) is 8.43. The van der Waals surface area contributed by atoms with Gasteiger partial charge in [0.1, 0.15) is 0 Å². The number of hydrogen-bond donors (Lipinski definition) is 0. The number of halogens is 2. The Kier molecular flexibility index (Phi) is 6.82. The number of benzene rings is 1. The van der Waals surface area contributed by atoms with Crippen LogP contribution in [0.15, 0.2) is 28.1 Å². The van der Waals surface area contributed by atoms with Gasteiger partial charge in [0.25, 0.3) is 5.91 Å². The third kappa shape index (κ3) is 4.44. The molecule has 3 aromatic rings. The van der Waals surface area contributed by atoms with Gasteiger partial charge in [0.15, 0.2) is 16.6 Å². The maximum atomic E-state index is 13.1. The van der Waals surface area contributed by atoms with Gasteiger partial charge in [-0.2, -0.15) is 0 Å². The number of carbonyl (C=O) groups is 1. The average molecular weight is 504 g/mol. The molecule has 0 atom stereocenters. The summed E-state index contributed by atoms with van der Waals surface area (Å²) < 4.78 is 12.8. The van der Waals surface area contributed by atoms with Gasteiger partial charge in [-0.05, 0) is 55.1 Å². The summed E-state index contributed by atoms with van der Waals surface area (Å²) in [5, 5.41) is 0.696. The van der Waals surface area contributed by atoms with Gasteiger partial charge in [0, 0.05) is 18.7 Å². The Labute approximate surface area is 185 Å². The van der Waals surface area contributed by atoms with Gasteiger partial charge in [0.2, 0.25) is 6.79 Å². The minimum absolute atomic E-state index is 0. The Balaban J connectivity index is 0.00000225. The van der Waals surface area contributed by atoms with E-state index in [1.165, 1.54) is 22.7 Å². The molecule has 4 rings (SSSR count). The number of carbonyl (C=O) groups excluding carboxylic acids is 1. The zero-order chi connectivity index (χ0) is 19.0. The Morgan fingerprint density at radius 2 is 1.93 bits per heavy atom. The Hall–Kier alpha value is -1.39. The van der Waals surface area contributed by atoms with Crippen LogP contribution in [-0.2, 0) is 0 Å². The van der Waals surface area contributed by atoms with Gasteiger partial charge in [-0.3, -0.25) is 9.69 Å². The predicted molar refractivity (Wildman–Crippen MR) is 113 cm³/mol. The maximum Gasteiger partial charge on any atom is 0.270 e. The molecule has 6 nitrogen and oxygen atoms in total. The smallest absolute Gasteiger partial charge is 0.270 e. The molecular formula is C18H18BrClN3O3S2-. The highest BCUT2D eigenvalue weighted by atomic mass is 79.9. The second kappa shape index (κ2) is 8.96. The number of anilines is 1. The molecule has 10 heteroatoms. The monoisotopic (exact) mass is 502 g/mol. The zero-order valence-electron chi connectivity index (χ0n) is 15.3. The molecule has 0 saturated carbocycles. The first-order chi connectivity index (χ1) is 13.0. The van der Waals surface area contributed by atoms with Crippen LogP contribution in [0.5, 0.6) is 11.5 Å². The van der Waals surface area contributed by atoms with Crippen molar-refractivity contribution in [3.05, 3.63) is 32.9 Å². The van der Waals surface area contributed by atoms with Crippen LogP contribution in [0.1, 0.15) is 16.1 Å². The normalized spacial score (nSPS) is 12.4. The van der Waals surface area contributed by atoms with Gasteiger partial charge in [0.05, 0.1) is 18.9 Å².